The van der Waals surface area contributed by atoms with Crippen molar-refractivity contribution in [1.29, 1.82) is 0 Å². The third kappa shape index (κ3) is 5.16. The molecule has 2 N–H and O–H groups in total. The number of hydrogen-bond acceptors (Lipinski definition) is 3. The molecule has 0 bridgehead atoms. The minimum atomic E-state index is 0.0167. The molecule has 78 valence electrons. The fourth-order valence-corrected chi connectivity index (χ4v) is 1.50. The van der Waals surface area contributed by atoms with Crippen LogP contribution in [-0.2, 0) is 4.79 Å². The molecular formula is C9H20N2OS. The van der Waals surface area contributed by atoms with E-state index < -0.39 is 0 Å². The van der Waals surface area contributed by atoms with Gasteiger partial charge in [-0.25, -0.2) is 0 Å². The molecular weight excluding hydrogens is 184 g/mol. The third-order valence-corrected chi connectivity index (χ3v) is 2.45. The fourth-order valence-electron chi connectivity index (χ4n) is 1.03. The zero-order chi connectivity index (χ0) is 10.5. The Kier molecular flexibility index (Phi) is 5.40. The first-order chi connectivity index (χ1) is 5.93. The molecule has 0 aliphatic heterocycles. The standard InChI is InChI=1S/C9H20N2OS/c1-9(2,6-10)7-11(3)8(12)5-13-4/h5-7,10H2,1-4H3. The van der Waals surface area contributed by atoms with Crippen LogP contribution >= 0.6 is 11.8 Å². The van der Waals surface area contributed by atoms with Gasteiger partial charge in [0.05, 0.1) is 5.75 Å². The quantitative estimate of drug-likeness (QED) is 0.720. The topological polar surface area (TPSA) is 46.3 Å². The van der Waals surface area contributed by atoms with Gasteiger partial charge in [-0.2, -0.15) is 11.8 Å². The summed E-state index contributed by atoms with van der Waals surface area (Å²) in [7, 11) is 1.83. The van der Waals surface area contributed by atoms with Crippen molar-refractivity contribution in [1.82, 2.24) is 4.90 Å². The summed E-state index contributed by atoms with van der Waals surface area (Å²) in [6.45, 7) is 5.46. The van der Waals surface area contributed by atoms with Crippen molar-refractivity contribution in [3.63, 3.8) is 0 Å². The molecule has 0 fully saturated rings. The van der Waals surface area contributed by atoms with E-state index in [1.165, 1.54) is 0 Å². The van der Waals surface area contributed by atoms with E-state index >= 15 is 0 Å². The summed E-state index contributed by atoms with van der Waals surface area (Å²) in [5, 5.41) is 0. The Morgan fingerprint density at radius 1 is 1.54 bits per heavy atom. The van der Waals surface area contributed by atoms with E-state index in [2.05, 4.69) is 13.8 Å². The smallest absolute Gasteiger partial charge is 0.232 e. The lowest BCUT2D eigenvalue weighted by molar-refractivity contribution is -0.128. The summed E-state index contributed by atoms with van der Waals surface area (Å²) in [6.07, 6.45) is 1.93. The van der Waals surface area contributed by atoms with Crippen LogP contribution in [0.15, 0.2) is 0 Å². The molecule has 0 saturated heterocycles. The number of hydrogen-bond donors (Lipinski definition) is 1. The van der Waals surface area contributed by atoms with Crippen LogP contribution in [0, 0.1) is 5.41 Å². The largest absolute Gasteiger partial charge is 0.344 e. The lowest BCUT2D eigenvalue weighted by Crippen LogP contribution is -2.40. The zero-order valence-corrected chi connectivity index (χ0v) is 9.78. The van der Waals surface area contributed by atoms with Crippen molar-refractivity contribution in [3.8, 4) is 0 Å². The van der Waals surface area contributed by atoms with Crippen LogP contribution < -0.4 is 5.73 Å². The Labute approximate surface area is 85.0 Å². The van der Waals surface area contributed by atoms with Crippen molar-refractivity contribution >= 4 is 17.7 Å². The van der Waals surface area contributed by atoms with Crippen LogP contribution in [0.2, 0.25) is 0 Å². The lowest BCUT2D eigenvalue weighted by Gasteiger charge is -2.28. The van der Waals surface area contributed by atoms with Gasteiger partial charge in [-0.1, -0.05) is 13.8 Å². The minimum Gasteiger partial charge on any atom is -0.344 e. The summed E-state index contributed by atoms with van der Waals surface area (Å²) in [4.78, 5) is 13.2. The number of carbonyl (C=O) groups is 1. The highest BCUT2D eigenvalue weighted by molar-refractivity contribution is 7.99. The van der Waals surface area contributed by atoms with E-state index in [-0.39, 0.29) is 11.3 Å². The van der Waals surface area contributed by atoms with Gasteiger partial charge in [0.15, 0.2) is 0 Å². The van der Waals surface area contributed by atoms with E-state index in [0.717, 1.165) is 6.54 Å². The van der Waals surface area contributed by atoms with Gasteiger partial charge >= 0.3 is 0 Å². The first-order valence-corrected chi connectivity index (χ1v) is 5.75. The minimum absolute atomic E-state index is 0.0167. The van der Waals surface area contributed by atoms with E-state index in [9.17, 15) is 4.79 Å². The molecule has 0 aromatic rings. The molecule has 0 saturated carbocycles. The van der Waals surface area contributed by atoms with Crippen LogP contribution in [0.3, 0.4) is 0 Å². The van der Waals surface area contributed by atoms with E-state index in [1.807, 2.05) is 13.3 Å². The maximum Gasteiger partial charge on any atom is 0.232 e. The van der Waals surface area contributed by atoms with Crippen LogP contribution in [0.25, 0.3) is 0 Å². The average molecular weight is 204 g/mol. The second-order valence-electron chi connectivity index (χ2n) is 4.05. The maximum atomic E-state index is 11.4. The molecule has 0 rings (SSSR count). The highest BCUT2D eigenvalue weighted by atomic mass is 32.2. The van der Waals surface area contributed by atoms with E-state index in [4.69, 9.17) is 5.73 Å². The molecule has 0 aromatic carbocycles. The molecule has 1 amide bonds. The Morgan fingerprint density at radius 2 is 2.08 bits per heavy atom. The number of thioether (sulfide) groups is 1. The van der Waals surface area contributed by atoms with Crippen molar-refractivity contribution in [2.75, 3.05) is 32.1 Å². The van der Waals surface area contributed by atoms with Gasteiger partial charge < -0.3 is 10.6 Å². The number of nitrogens with two attached hydrogens (primary N) is 1. The van der Waals surface area contributed by atoms with Crippen LogP contribution in [-0.4, -0.2) is 43.0 Å². The molecule has 3 nitrogen and oxygen atoms in total. The summed E-state index contributed by atoms with van der Waals surface area (Å²) in [5.41, 5.74) is 5.60. The summed E-state index contributed by atoms with van der Waals surface area (Å²) < 4.78 is 0. The Balaban J connectivity index is 3.99. The highest BCUT2D eigenvalue weighted by Crippen LogP contribution is 2.14. The molecule has 0 aromatic heterocycles. The second kappa shape index (κ2) is 5.50. The van der Waals surface area contributed by atoms with Crippen molar-refractivity contribution < 1.29 is 4.79 Å². The van der Waals surface area contributed by atoms with Gasteiger partial charge in [0.25, 0.3) is 0 Å². The molecule has 0 aliphatic carbocycles. The van der Waals surface area contributed by atoms with Crippen molar-refractivity contribution in [3.05, 3.63) is 0 Å². The number of carbonyl (C=O) groups excluding carboxylic acids is 1. The first kappa shape index (κ1) is 12.8. The normalized spacial score (nSPS) is 11.5. The summed E-state index contributed by atoms with van der Waals surface area (Å²) >= 11 is 1.55. The first-order valence-electron chi connectivity index (χ1n) is 4.36. The Hall–Kier alpha value is -0.220. The van der Waals surface area contributed by atoms with E-state index in [1.54, 1.807) is 16.7 Å². The summed E-state index contributed by atoms with van der Waals surface area (Å²) in [6, 6.07) is 0. The van der Waals surface area contributed by atoms with Crippen LogP contribution in [0.5, 0.6) is 0 Å². The Bertz CT molecular complexity index is 171. The summed E-state index contributed by atoms with van der Waals surface area (Å²) in [5.74, 6) is 0.728. The van der Waals surface area contributed by atoms with Gasteiger partial charge in [-0.3, -0.25) is 4.79 Å². The van der Waals surface area contributed by atoms with Gasteiger partial charge in [0.1, 0.15) is 0 Å². The SMILES string of the molecule is CSCC(=O)N(C)CC(C)(C)CN. The third-order valence-electron chi connectivity index (χ3n) is 1.91. The second-order valence-corrected chi connectivity index (χ2v) is 4.92. The number of nitrogens with zero attached hydrogens (tertiary/aromatic N) is 1. The van der Waals surface area contributed by atoms with Crippen LogP contribution in [0.1, 0.15) is 13.8 Å². The monoisotopic (exact) mass is 204 g/mol. The fraction of sp³-hybridized carbons (Fsp3) is 0.889. The lowest BCUT2D eigenvalue weighted by atomic mass is 9.93. The predicted octanol–water partition coefficient (Wildman–Crippen LogP) is 0.793. The molecule has 4 heteroatoms. The zero-order valence-electron chi connectivity index (χ0n) is 8.96. The van der Waals surface area contributed by atoms with E-state index in [0.29, 0.717) is 12.3 Å². The molecule has 0 atom stereocenters. The number of rotatable bonds is 5. The number of amides is 1. The molecule has 0 aliphatic rings. The van der Waals surface area contributed by atoms with Gasteiger partial charge in [-0.15, -0.1) is 0 Å². The van der Waals surface area contributed by atoms with Gasteiger partial charge in [-0.05, 0) is 18.2 Å². The van der Waals surface area contributed by atoms with Gasteiger partial charge in [0, 0.05) is 13.6 Å². The highest BCUT2D eigenvalue weighted by Gasteiger charge is 2.20. The average Bonchev–Trinajstić information content (AvgIpc) is 2.04. The Morgan fingerprint density at radius 3 is 2.46 bits per heavy atom. The molecule has 0 radical (unpaired) electrons. The molecule has 0 heterocycles. The van der Waals surface area contributed by atoms with Crippen LogP contribution in [0.4, 0.5) is 0 Å². The van der Waals surface area contributed by atoms with Crippen molar-refractivity contribution in [2.45, 2.75) is 13.8 Å². The van der Waals surface area contributed by atoms with Gasteiger partial charge in [0.2, 0.25) is 5.91 Å². The van der Waals surface area contributed by atoms with Crippen molar-refractivity contribution in [2.24, 2.45) is 11.1 Å². The molecule has 13 heavy (non-hydrogen) atoms. The predicted molar refractivity (Wildman–Crippen MR) is 58.9 cm³/mol. The molecule has 0 spiro atoms. The molecule has 0 unspecified atom stereocenters. The maximum absolute atomic E-state index is 11.4.